The van der Waals surface area contributed by atoms with E-state index in [1.807, 2.05) is 0 Å². The molecule has 2 aromatic rings. The average molecular weight is 190 g/mol. The van der Waals surface area contributed by atoms with Crippen LogP contribution in [0.2, 0.25) is 0 Å². The Hall–Kier alpha value is -2.04. The number of aromatic nitrogens is 3. The van der Waals surface area contributed by atoms with Crippen molar-refractivity contribution in [2.45, 2.75) is 0 Å². The van der Waals surface area contributed by atoms with Gasteiger partial charge in [-0.25, -0.2) is 9.37 Å². The van der Waals surface area contributed by atoms with Gasteiger partial charge in [-0.3, -0.25) is 0 Å². The Balaban J connectivity index is 2.50. The number of halogens is 1. The molecule has 0 unspecified atom stereocenters. The van der Waals surface area contributed by atoms with Gasteiger partial charge in [0, 0.05) is 5.56 Å². The van der Waals surface area contributed by atoms with Crippen LogP contribution in [-0.2, 0) is 0 Å². The van der Waals surface area contributed by atoms with Crippen molar-refractivity contribution in [2.75, 3.05) is 5.73 Å². The Morgan fingerprint density at radius 1 is 1.14 bits per heavy atom. The summed E-state index contributed by atoms with van der Waals surface area (Å²) in [5.41, 5.74) is 6.75. The maximum atomic E-state index is 12.6. The van der Waals surface area contributed by atoms with Gasteiger partial charge in [-0.05, 0) is 24.3 Å². The Morgan fingerprint density at radius 2 is 1.86 bits per heavy atom. The summed E-state index contributed by atoms with van der Waals surface area (Å²) in [6.07, 6.45) is 1.27. The first-order chi connectivity index (χ1) is 6.77. The highest BCUT2D eigenvalue weighted by Gasteiger charge is 2.04. The van der Waals surface area contributed by atoms with E-state index in [1.54, 1.807) is 12.1 Å². The second kappa shape index (κ2) is 3.37. The van der Waals surface area contributed by atoms with Gasteiger partial charge in [-0.15, -0.1) is 10.2 Å². The summed E-state index contributed by atoms with van der Waals surface area (Å²) in [6, 6.07) is 5.83. The maximum absolute atomic E-state index is 12.6. The average Bonchev–Trinajstić information content (AvgIpc) is 2.20. The molecule has 4 nitrogen and oxygen atoms in total. The second-order valence-corrected chi connectivity index (χ2v) is 2.70. The zero-order chi connectivity index (χ0) is 9.97. The molecule has 0 bridgehead atoms. The molecule has 0 saturated heterocycles. The van der Waals surface area contributed by atoms with Gasteiger partial charge in [-0.1, -0.05) is 0 Å². The fourth-order valence-electron chi connectivity index (χ4n) is 1.10. The molecule has 5 heteroatoms. The third-order valence-corrected chi connectivity index (χ3v) is 1.77. The molecule has 1 aromatic carbocycles. The van der Waals surface area contributed by atoms with Gasteiger partial charge in [0.05, 0.1) is 0 Å². The number of benzene rings is 1. The van der Waals surface area contributed by atoms with Gasteiger partial charge < -0.3 is 5.73 Å². The molecule has 0 aliphatic heterocycles. The number of nitrogen functional groups attached to an aromatic ring is 1. The van der Waals surface area contributed by atoms with Crippen LogP contribution in [0.1, 0.15) is 0 Å². The lowest BCUT2D eigenvalue weighted by atomic mass is 10.1. The van der Waals surface area contributed by atoms with E-state index in [-0.39, 0.29) is 11.6 Å². The van der Waals surface area contributed by atoms with Gasteiger partial charge in [0.15, 0.2) is 5.82 Å². The standard InChI is InChI=1S/C9H7FN4/c10-7-3-1-6(2-4-7)8-9(11)12-5-13-14-8/h1-5H,(H2,11,12,13). The Bertz CT molecular complexity index is 441. The van der Waals surface area contributed by atoms with Crippen LogP contribution in [-0.4, -0.2) is 15.2 Å². The van der Waals surface area contributed by atoms with Gasteiger partial charge >= 0.3 is 0 Å². The van der Waals surface area contributed by atoms with Crippen LogP contribution in [0.25, 0.3) is 11.3 Å². The summed E-state index contributed by atoms with van der Waals surface area (Å²) in [5.74, 6) is -0.0178. The molecule has 2 rings (SSSR count). The van der Waals surface area contributed by atoms with Crippen molar-refractivity contribution in [1.29, 1.82) is 0 Å². The quantitative estimate of drug-likeness (QED) is 0.735. The number of hydrogen-bond donors (Lipinski definition) is 1. The molecular formula is C9H7FN4. The number of anilines is 1. The number of hydrogen-bond acceptors (Lipinski definition) is 4. The van der Waals surface area contributed by atoms with Crippen LogP contribution in [0.3, 0.4) is 0 Å². The second-order valence-electron chi connectivity index (χ2n) is 2.70. The zero-order valence-corrected chi connectivity index (χ0v) is 7.18. The van der Waals surface area contributed by atoms with E-state index < -0.39 is 0 Å². The summed E-state index contributed by atoms with van der Waals surface area (Å²) in [7, 11) is 0. The van der Waals surface area contributed by atoms with Crippen molar-refractivity contribution in [1.82, 2.24) is 15.2 Å². The molecule has 1 heterocycles. The number of nitrogens with zero attached hydrogens (tertiary/aromatic N) is 3. The summed E-state index contributed by atoms with van der Waals surface area (Å²) in [5, 5.41) is 7.43. The van der Waals surface area contributed by atoms with E-state index in [4.69, 9.17) is 5.73 Å². The van der Waals surface area contributed by atoms with Gasteiger partial charge in [0.25, 0.3) is 0 Å². The smallest absolute Gasteiger partial charge is 0.153 e. The first kappa shape index (κ1) is 8.55. The minimum atomic E-state index is -0.302. The van der Waals surface area contributed by atoms with Crippen molar-refractivity contribution < 1.29 is 4.39 Å². The van der Waals surface area contributed by atoms with E-state index in [1.165, 1.54) is 18.5 Å². The van der Waals surface area contributed by atoms with Crippen LogP contribution in [0.5, 0.6) is 0 Å². The molecule has 0 spiro atoms. The first-order valence-electron chi connectivity index (χ1n) is 3.96. The van der Waals surface area contributed by atoms with Crippen LogP contribution >= 0.6 is 0 Å². The minimum absolute atomic E-state index is 0.284. The molecule has 0 aliphatic carbocycles. The van der Waals surface area contributed by atoms with Gasteiger partial charge in [-0.2, -0.15) is 0 Å². The highest BCUT2D eigenvalue weighted by molar-refractivity contribution is 5.68. The van der Waals surface area contributed by atoms with Crippen molar-refractivity contribution >= 4 is 5.82 Å². The molecule has 0 amide bonds. The Kier molecular flexibility index (Phi) is 2.06. The molecule has 1 aromatic heterocycles. The molecule has 2 N–H and O–H groups in total. The number of nitrogens with two attached hydrogens (primary N) is 1. The normalized spacial score (nSPS) is 10.1. The van der Waals surface area contributed by atoms with Crippen LogP contribution in [0.4, 0.5) is 10.2 Å². The van der Waals surface area contributed by atoms with Crippen molar-refractivity contribution in [3.05, 3.63) is 36.4 Å². The van der Waals surface area contributed by atoms with Crippen molar-refractivity contribution in [2.24, 2.45) is 0 Å². The summed E-state index contributed by atoms with van der Waals surface area (Å²) < 4.78 is 12.6. The Morgan fingerprint density at radius 3 is 2.50 bits per heavy atom. The molecular weight excluding hydrogens is 183 g/mol. The fourth-order valence-corrected chi connectivity index (χ4v) is 1.10. The molecule has 0 fully saturated rings. The van der Waals surface area contributed by atoms with Gasteiger partial charge in [0.1, 0.15) is 17.8 Å². The first-order valence-corrected chi connectivity index (χ1v) is 3.96. The summed E-state index contributed by atoms with van der Waals surface area (Å²) in [6.45, 7) is 0. The molecule has 0 aliphatic rings. The monoisotopic (exact) mass is 190 g/mol. The van der Waals surface area contributed by atoms with Crippen LogP contribution < -0.4 is 5.73 Å². The lowest BCUT2D eigenvalue weighted by molar-refractivity contribution is 0.628. The minimum Gasteiger partial charge on any atom is -0.382 e. The lowest BCUT2D eigenvalue weighted by Gasteiger charge is -2.01. The third-order valence-electron chi connectivity index (χ3n) is 1.77. The largest absolute Gasteiger partial charge is 0.382 e. The van der Waals surface area contributed by atoms with Gasteiger partial charge in [0.2, 0.25) is 0 Å². The van der Waals surface area contributed by atoms with Crippen molar-refractivity contribution in [3.63, 3.8) is 0 Å². The number of rotatable bonds is 1. The molecule has 70 valence electrons. The van der Waals surface area contributed by atoms with E-state index in [9.17, 15) is 4.39 Å². The van der Waals surface area contributed by atoms with E-state index >= 15 is 0 Å². The van der Waals surface area contributed by atoms with Crippen LogP contribution in [0.15, 0.2) is 30.6 Å². The fraction of sp³-hybridized carbons (Fsp3) is 0. The van der Waals surface area contributed by atoms with Crippen LogP contribution in [0, 0.1) is 5.82 Å². The molecule has 0 saturated carbocycles. The zero-order valence-electron chi connectivity index (χ0n) is 7.18. The Labute approximate surface area is 79.6 Å². The third kappa shape index (κ3) is 1.52. The maximum Gasteiger partial charge on any atom is 0.153 e. The predicted octanol–water partition coefficient (Wildman–Crippen LogP) is 1.26. The predicted molar refractivity (Wildman–Crippen MR) is 49.6 cm³/mol. The topological polar surface area (TPSA) is 64.7 Å². The van der Waals surface area contributed by atoms with E-state index in [2.05, 4.69) is 15.2 Å². The highest BCUT2D eigenvalue weighted by atomic mass is 19.1. The molecule has 0 atom stereocenters. The van der Waals surface area contributed by atoms with E-state index in [0.29, 0.717) is 11.3 Å². The summed E-state index contributed by atoms with van der Waals surface area (Å²) in [4.78, 5) is 3.79. The lowest BCUT2D eigenvalue weighted by Crippen LogP contribution is -1.98. The highest BCUT2D eigenvalue weighted by Crippen LogP contribution is 2.20. The van der Waals surface area contributed by atoms with Crippen molar-refractivity contribution in [3.8, 4) is 11.3 Å². The molecule has 0 radical (unpaired) electrons. The SMILES string of the molecule is Nc1ncnnc1-c1ccc(F)cc1. The van der Waals surface area contributed by atoms with E-state index in [0.717, 1.165) is 0 Å². The molecule has 14 heavy (non-hydrogen) atoms. The summed E-state index contributed by atoms with van der Waals surface area (Å²) >= 11 is 0.